The maximum atomic E-state index is 11.7. The Morgan fingerprint density at radius 3 is 2.50 bits per heavy atom. The summed E-state index contributed by atoms with van der Waals surface area (Å²) in [7, 11) is 0. The van der Waals surface area contributed by atoms with Crippen LogP contribution in [0.2, 0.25) is 0 Å². The van der Waals surface area contributed by atoms with E-state index >= 15 is 0 Å². The number of aromatic carboxylic acids is 1. The summed E-state index contributed by atoms with van der Waals surface area (Å²) in [6.07, 6.45) is 7.40. The lowest BCUT2D eigenvalue weighted by Crippen LogP contribution is -2.07. The third-order valence-electron chi connectivity index (χ3n) is 7.18. The number of aromatic nitrogens is 2. The molecule has 6 rings (SSSR count). The number of rotatable bonds is 2. The topological polar surface area (TPSA) is 47.2 Å². The van der Waals surface area contributed by atoms with E-state index in [0.29, 0.717) is 11.5 Å². The molecule has 2 aliphatic rings. The average Bonchev–Trinajstić information content (AvgIpc) is 3.23. The van der Waals surface area contributed by atoms with Crippen molar-refractivity contribution in [2.75, 3.05) is 0 Å². The van der Waals surface area contributed by atoms with E-state index in [1.807, 2.05) is 6.07 Å². The molecule has 0 saturated heterocycles. The van der Waals surface area contributed by atoms with Crippen LogP contribution in [0.4, 0.5) is 0 Å². The van der Waals surface area contributed by atoms with Gasteiger partial charge in [-0.05, 0) is 55.0 Å². The molecule has 0 unspecified atom stereocenters. The Balaban J connectivity index is 1.70. The van der Waals surface area contributed by atoms with E-state index in [1.165, 1.54) is 65.3 Å². The largest absolute Gasteiger partial charge is 0.478 e. The predicted octanol–water partition coefficient (Wildman–Crippen LogP) is 6.41. The van der Waals surface area contributed by atoms with Crippen molar-refractivity contribution in [3.8, 4) is 11.4 Å². The van der Waals surface area contributed by atoms with Gasteiger partial charge in [0.05, 0.1) is 17.0 Å². The summed E-state index contributed by atoms with van der Waals surface area (Å²) >= 11 is 0. The van der Waals surface area contributed by atoms with Crippen LogP contribution in [0, 0.1) is 0 Å². The monoisotopic (exact) mass is 398 g/mol. The van der Waals surface area contributed by atoms with Gasteiger partial charge in [-0.15, -0.1) is 0 Å². The highest BCUT2D eigenvalue weighted by atomic mass is 16.4. The zero-order valence-electron chi connectivity index (χ0n) is 17.1. The molecule has 30 heavy (non-hydrogen) atoms. The van der Waals surface area contributed by atoms with Gasteiger partial charge in [-0.2, -0.15) is 0 Å². The van der Waals surface area contributed by atoms with Gasteiger partial charge < -0.3 is 14.2 Å². The van der Waals surface area contributed by atoms with E-state index in [0.717, 1.165) is 25.0 Å². The van der Waals surface area contributed by atoms with Crippen LogP contribution in [0.5, 0.6) is 0 Å². The third-order valence-corrected chi connectivity index (χ3v) is 7.18. The van der Waals surface area contributed by atoms with Crippen LogP contribution in [-0.2, 0) is 13.1 Å². The first-order valence-electron chi connectivity index (χ1n) is 11.2. The molecular weight excluding hydrogens is 372 g/mol. The molecule has 4 heteroatoms. The maximum absolute atomic E-state index is 11.7. The lowest BCUT2D eigenvalue weighted by molar-refractivity contribution is 0.0697. The molecule has 1 fully saturated rings. The number of para-hydroxylation sites is 1. The maximum Gasteiger partial charge on any atom is 0.335 e. The van der Waals surface area contributed by atoms with Gasteiger partial charge in [-0.1, -0.05) is 43.5 Å². The van der Waals surface area contributed by atoms with Gasteiger partial charge in [0.1, 0.15) is 0 Å². The number of hydrogen-bond acceptors (Lipinski definition) is 1. The van der Waals surface area contributed by atoms with Crippen LogP contribution >= 0.6 is 0 Å². The van der Waals surface area contributed by atoms with Crippen molar-refractivity contribution in [1.29, 1.82) is 0 Å². The molecule has 1 aliphatic carbocycles. The van der Waals surface area contributed by atoms with Gasteiger partial charge >= 0.3 is 5.97 Å². The Morgan fingerprint density at radius 2 is 1.67 bits per heavy atom. The van der Waals surface area contributed by atoms with Gasteiger partial charge in [0.15, 0.2) is 0 Å². The molecule has 0 bridgehead atoms. The molecule has 1 saturated carbocycles. The quantitative estimate of drug-likeness (QED) is 0.424. The van der Waals surface area contributed by atoms with Gasteiger partial charge in [-0.3, -0.25) is 0 Å². The van der Waals surface area contributed by atoms with E-state index in [-0.39, 0.29) is 0 Å². The Kier molecular flexibility index (Phi) is 4.02. The molecule has 0 atom stereocenters. The SMILES string of the molecule is O=C(O)c1ccc2c(C3CCCCC3)c3n(c2c1)CCCn1c-3cc2ccccc21. The van der Waals surface area contributed by atoms with E-state index < -0.39 is 5.97 Å². The minimum atomic E-state index is -0.852. The van der Waals surface area contributed by atoms with Crippen LogP contribution < -0.4 is 0 Å². The third kappa shape index (κ3) is 2.56. The molecule has 2 aromatic heterocycles. The number of carboxylic acids is 1. The molecular formula is C26H26N2O2. The minimum Gasteiger partial charge on any atom is -0.478 e. The zero-order valence-corrected chi connectivity index (χ0v) is 17.1. The van der Waals surface area contributed by atoms with Crippen LogP contribution in [-0.4, -0.2) is 20.2 Å². The normalized spacial score (nSPS) is 17.1. The molecule has 152 valence electrons. The summed E-state index contributed by atoms with van der Waals surface area (Å²) in [6.45, 7) is 1.92. The Hall–Kier alpha value is -3.01. The van der Waals surface area contributed by atoms with Crippen molar-refractivity contribution in [2.45, 2.75) is 57.5 Å². The molecule has 1 aliphatic heterocycles. The molecule has 0 radical (unpaired) electrons. The summed E-state index contributed by atoms with van der Waals surface area (Å²) in [6, 6.07) is 16.7. The van der Waals surface area contributed by atoms with Crippen LogP contribution in [0.25, 0.3) is 33.2 Å². The number of carboxylic acid groups (broad SMARTS) is 1. The van der Waals surface area contributed by atoms with Gasteiger partial charge in [0.2, 0.25) is 0 Å². The van der Waals surface area contributed by atoms with E-state index in [2.05, 4.69) is 45.5 Å². The lowest BCUT2D eigenvalue weighted by atomic mass is 9.82. The zero-order chi connectivity index (χ0) is 20.2. The number of benzene rings is 2. The van der Waals surface area contributed by atoms with Crippen molar-refractivity contribution in [2.24, 2.45) is 0 Å². The van der Waals surface area contributed by atoms with E-state index in [9.17, 15) is 9.90 Å². The summed E-state index contributed by atoms with van der Waals surface area (Å²) in [4.78, 5) is 11.7. The number of nitrogens with zero attached hydrogens (tertiary/aromatic N) is 2. The number of fused-ring (bicyclic) bond motifs is 7. The first-order valence-corrected chi connectivity index (χ1v) is 11.2. The highest BCUT2D eigenvalue weighted by Crippen LogP contribution is 2.46. The molecule has 4 nitrogen and oxygen atoms in total. The second kappa shape index (κ2) is 6.76. The summed E-state index contributed by atoms with van der Waals surface area (Å²) < 4.78 is 4.90. The fourth-order valence-corrected chi connectivity index (χ4v) is 5.86. The summed E-state index contributed by atoms with van der Waals surface area (Å²) in [5, 5.41) is 12.1. The second-order valence-electron chi connectivity index (χ2n) is 8.88. The van der Waals surface area contributed by atoms with Crippen molar-refractivity contribution in [3.63, 3.8) is 0 Å². The van der Waals surface area contributed by atoms with Crippen LogP contribution in [0.15, 0.2) is 48.5 Å². The Labute approximate surface area is 175 Å². The Bertz CT molecular complexity index is 1290. The molecule has 1 N–H and O–H groups in total. The first-order chi connectivity index (χ1) is 14.7. The van der Waals surface area contributed by atoms with Gasteiger partial charge in [-0.25, -0.2) is 4.79 Å². The molecule has 0 spiro atoms. The highest BCUT2D eigenvalue weighted by molar-refractivity contribution is 5.99. The van der Waals surface area contributed by atoms with E-state index in [1.54, 1.807) is 6.07 Å². The van der Waals surface area contributed by atoms with Crippen LogP contribution in [0.3, 0.4) is 0 Å². The standard InChI is InChI=1S/C26H26N2O2/c29-26(30)19-11-12-20-22(16-19)28-14-6-13-27-21-10-5-4-9-18(21)15-23(27)25(28)24(20)17-7-2-1-3-8-17/h4-5,9-12,15-17H,1-3,6-8,13-14H2,(H,29,30). The first kappa shape index (κ1) is 17.8. The summed E-state index contributed by atoms with van der Waals surface area (Å²) in [5.41, 5.74) is 6.84. The summed E-state index contributed by atoms with van der Waals surface area (Å²) in [5.74, 6) is -0.299. The lowest BCUT2D eigenvalue weighted by Gasteiger charge is -2.23. The van der Waals surface area contributed by atoms with Crippen LogP contribution in [0.1, 0.15) is 60.4 Å². The number of carbonyl (C=O) groups is 1. The molecule has 3 heterocycles. The predicted molar refractivity (Wildman–Crippen MR) is 120 cm³/mol. The molecule has 2 aromatic carbocycles. The van der Waals surface area contributed by atoms with Gasteiger partial charge in [0, 0.05) is 34.9 Å². The number of aryl methyl sites for hydroxylation is 2. The van der Waals surface area contributed by atoms with E-state index in [4.69, 9.17) is 0 Å². The smallest absolute Gasteiger partial charge is 0.335 e. The molecule has 4 aromatic rings. The second-order valence-corrected chi connectivity index (χ2v) is 8.88. The van der Waals surface area contributed by atoms with Crippen molar-refractivity contribution in [1.82, 2.24) is 9.13 Å². The average molecular weight is 399 g/mol. The number of hydrogen-bond donors (Lipinski definition) is 1. The molecule has 0 amide bonds. The Morgan fingerprint density at radius 1 is 0.867 bits per heavy atom. The van der Waals surface area contributed by atoms with Crippen molar-refractivity contribution < 1.29 is 9.90 Å². The van der Waals surface area contributed by atoms with Gasteiger partial charge in [0.25, 0.3) is 0 Å². The van der Waals surface area contributed by atoms with Crippen molar-refractivity contribution in [3.05, 3.63) is 59.7 Å². The minimum absolute atomic E-state index is 0.378. The fourth-order valence-electron chi connectivity index (χ4n) is 5.86. The fraction of sp³-hybridized carbons (Fsp3) is 0.346. The van der Waals surface area contributed by atoms with Crippen molar-refractivity contribution >= 4 is 27.8 Å². The highest BCUT2D eigenvalue weighted by Gasteiger charge is 2.29.